The molecule has 6 nitrogen and oxygen atoms in total. The van der Waals surface area contributed by atoms with Gasteiger partial charge >= 0.3 is 0 Å². The highest BCUT2D eigenvalue weighted by molar-refractivity contribution is 7.89. The van der Waals surface area contributed by atoms with E-state index in [0.717, 1.165) is 0 Å². The Labute approximate surface area is 105 Å². The zero-order valence-corrected chi connectivity index (χ0v) is 11.2. The third-order valence-corrected chi connectivity index (χ3v) is 5.40. The van der Waals surface area contributed by atoms with E-state index in [0.29, 0.717) is 13.1 Å². The van der Waals surface area contributed by atoms with Gasteiger partial charge in [-0.05, 0) is 5.92 Å². The van der Waals surface area contributed by atoms with Gasteiger partial charge in [0.15, 0.2) is 5.03 Å². The Morgan fingerprint density at radius 1 is 1.53 bits per heavy atom. The molecule has 0 spiro atoms. The van der Waals surface area contributed by atoms with Gasteiger partial charge in [0.25, 0.3) is 10.0 Å². The topological polar surface area (TPSA) is 81.2 Å². The fourth-order valence-electron chi connectivity index (χ4n) is 1.95. The van der Waals surface area contributed by atoms with E-state index in [2.05, 4.69) is 5.10 Å². The molecule has 1 aliphatic rings. The summed E-state index contributed by atoms with van der Waals surface area (Å²) in [5.41, 5.74) is 5.83. The van der Waals surface area contributed by atoms with Crippen LogP contribution in [0.15, 0.2) is 11.2 Å². The fourth-order valence-corrected chi connectivity index (χ4v) is 4.14. The molecule has 2 unspecified atom stereocenters. The lowest BCUT2D eigenvalue weighted by molar-refractivity contribution is 0.455. The van der Waals surface area contributed by atoms with E-state index in [1.165, 1.54) is 15.2 Å². The Balaban J connectivity index is 2.39. The van der Waals surface area contributed by atoms with Crippen molar-refractivity contribution in [3.8, 4) is 0 Å². The second-order valence-corrected chi connectivity index (χ2v) is 6.64. The molecule has 2 atom stereocenters. The van der Waals surface area contributed by atoms with Gasteiger partial charge in [-0.15, -0.1) is 0 Å². The highest BCUT2D eigenvalue weighted by Crippen LogP contribution is 2.27. The summed E-state index contributed by atoms with van der Waals surface area (Å²) < 4.78 is 27.3. The average Bonchev–Trinajstić information content (AvgIpc) is 2.72. The van der Waals surface area contributed by atoms with Gasteiger partial charge in [0, 0.05) is 26.2 Å². The van der Waals surface area contributed by atoms with Gasteiger partial charge in [0.05, 0.1) is 11.2 Å². The lowest BCUT2D eigenvalue weighted by Crippen LogP contribution is -2.33. The SMILES string of the molecule is CC1CN(S(=O)(=O)c2c(Cl)cnn2C)CC1N. The molecule has 1 aromatic heterocycles. The van der Waals surface area contributed by atoms with Crippen molar-refractivity contribution in [1.82, 2.24) is 14.1 Å². The molecule has 1 saturated heterocycles. The number of halogens is 1. The standard InChI is InChI=1S/C9H15ClN4O2S/c1-6-4-14(5-8(6)11)17(15,16)9-7(10)3-12-13(9)2/h3,6,8H,4-5,11H2,1-2H3. The molecule has 2 N–H and O–H groups in total. The summed E-state index contributed by atoms with van der Waals surface area (Å²) in [4.78, 5) is 0. The number of hydrogen-bond acceptors (Lipinski definition) is 4. The van der Waals surface area contributed by atoms with Crippen molar-refractivity contribution in [2.75, 3.05) is 13.1 Å². The molecule has 0 saturated carbocycles. The maximum absolute atomic E-state index is 12.4. The molecule has 0 bridgehead atoms. The quantitative estimate of drug-likeness (QED) is 0.828. The smallest absolute Gasteiger partial charge is 0.261 e. The first kappa shape index (κ1) is 12.8. The van der Waals surface area contributed by atoms with Crippen LogP contribution in [0.1, 0.15) is 6.92 Å². The van der Waals surface area contributed by atoms with Crippen molar-refractivity contribution >= 4 is 21.6 Å². The van der Waals surface area contributed by atoms with Crippen molar-refractivity contribution in [2.45, 2.75) is 18.0 Å². The van der Waals surface area contributed by atoms with Gasteiger partial charge in [0.1, 0.15) is 0 Å². The molecule has 8 heteroatoms. The van der Waals surface area contributed by atoms with Crippen LogP contribution in [0.25, 0.3) is 0 Å². The largest absolute Gasteiger partial charge is 0.326 e. The van der Waals surface area contributed by atoms with Crippen molar-refractivity contribution in [3.05, 3.63) is 11.2 Å². The number of nitrogens with zero attached hydrogens (tertiary/aromatic N) is 3. The minimum absolute atomic E-state index is 0.0282. The number of rotatable bonds is 2. The maximum atomic E-state index is 12.4. The number of hydrogen-bond donors (Lipinski definition) is 1. The molecule has 0 amide bonds. The van der Waals surface area contributed by atoms with Crippen LogP contribution in [0.2, 0.25) is 5.02 Å². The molecular formula is C9H15ClN4O2S. The van der Waals surface area contributed by atoms with Gasteiger partial charge in [-0.2, -0.15) is 9.40 Å². The maximum Gasteiger partial charge on any atom is 0.261 e. The number of nitrogens with two attached hydrogens (primary N) is 1. The molecular weight excluding hydrogens is 264 g/mol. The first-order valence-electron chi connectivity index (χ1n) is 5.27. The summed E-state index contributed by atoms with van der Waals surface area (Å²) in [7, 11) is -2.05. The normalized spacial score (nSPS) is 26.6. The van der Waals surface area contributed by atoms with E-state index >= 15 is 0 Å². The summed E-state index contributed by atoms with van der Waals surface area (Å²) >= 11 is 5.86. The van der Waals surface area contributed by atoms with E-state index in [1.54, 1.807) is 7.05 Å². The minimum Gasteiger partial charge on any atom is -0.326 e. The van der Waals surface area contributed by atoms with Crippen molar-refractivity contribution < 1.29 is 8.42 Å². The molecule has 1 aromatic rings. The summed E-state index contributed by atoms with van der Waals surface area (Å²) in [6.07, 6.45) is 1.33. The Bertz CT molecular complexity index is 498. The molecule has 0 radical (unpaired) electrons. The Morgan fingerprint density at radius 2 is 2.18 bits per heavy atom. The fraction of sp³-hybridized carbons (Fsp3) is 0.667. The Kier molecular flexibility index (Phi) is 3.19. The van der Waals surface area contributed by atoms with Gasteiger partial charge in [-0.25, -0.2) is 8.42 Å². The number of aryl methyl sites for hydroxylation is 1. The van der Waals surface area contributed by atoms with Gasteiger partial charge in [-0.1, -0.05) is 18.5 Å². The molecule has 2 rings (SSSR count). The van der Waals surface area contributed by atoms with Crippen LogP contribution in [0.4, 0.5) is 0 Å². The Morgan fingerprint density at radius 3 is 2.59 bits per heavy atom. The summed E-state index contributed by atoms with van der Waals surface area (Å²) in [5, 5.41) is 4.01. The third kappa shape index (κ3) is 2.08. The lowest BCUT2D eigenvalue weighted by atomic mass is 10.1. The van der Waals surface area contributed by atoms with Crippen molar-refractivity contribution in [3.63, 3.8) is 0 Å². The first-order valence-corrected chi connectivity index (χ1v) is 7.09. The first-order chi connectivity index (χ1) is 7.84. The monoisotopic (exact) mass is 278 g/mol. The highest BCUT2D eigenvalue weighted by atomic mass is 35.5. The molecule has 0 aliphatic carbocycles. The second kappa shape index (κ2) is 4.24. The van der Waals surface area contributed by atoms with E-state index in [-0.39, 0.29) is 22.0 Å². The third-order valence-electron chi connectivity index (χ3n) is 3.06. The molecule has 0 aromatic carbocycles. The zero-order valence-electron chi connectivity index (χ0n) is 9.67. The van der Waals surface area contributed by atoms with Gasteiger partial charge in [0.2, 0.25) is 0 Å². The van der Waals surface area contributed by atoms with Crippen LogP contribution in [0.5, 0.6) is 0 Å². The molecule has 1 fully saturated rings. The number of sulfonamides is 1. The molecule has 17 heavy (non-hydrogen) atoms. The van der Waals surface area contributed by atoms with Crippen LogP contribution in [-0.4, -0.2) is 41.6 Å². The predicted molar refractivity (Wildman–Crippen MR) is 64.1 cm³/mol. The summed E-state index contributed by atoms with van der Waals surface area (Å²) in [6.45, 7) is 2.68. The van der Waals surface area contributed by atoms with E-state index < -0.39 is 10.0 Å². The van der Waals surface area contributed by atoms with Gasteiger partial charge in [-0.3, -0.25) is 4.68 Å². The summed E-state index contributed by atoms with van der Waals surface area (Å²) in [6, 6.07) is -0.128. The predicted octanol–water partition coefficient (Wildman–Crippen LogP) is 0.0412. The van der Waals surface area contributed by atoms with Crippen LogP contribution in [0.3, 0.4) is 0 Å². The second-order valence-electron chi connectivity index (χ2n) is 4.38. The van der Waals surface area contributed by atoms with E-state index in [4.69, 9.17) is 17.3 Å². The van der Waals surface area contributed by atoms with Crippen LogP contribution in [0, 0.1) is 5.92 Å². The lowest BCUT2D eigenvalue weighted by Gasteiger charge is -2.16. The zero-order chi connectivity index (χ0) is 12.8. The van der Waals surface area contributed by atoms with E-state index in [9.17, 15) is 8.42 Å². The van der Waals surface area contributed by atoms with E-state index in [1.807, 2.05) is 6.92 Å². The van der Waals surface area contributed by atoms with Crippen LogP contribution < -0.4 is 5.73 Å². The van der Waals surface area contributed by atoms with Crippen LogP contribution >= 0.6 is 11.6 Å². The molecule has 2 heterocycles. The van der Waals surface area contributed by atoms with Crippen LogP contribution in [-0.2, 0) is 17.1 Å². The summed E-state index contributed by atoms with van der Waals surface area (Å²) in [5.74, 6) is 0.150. The molecule has 96 valence electrons. The van der Waals surface area contributed by atoms with Crippen molar-refractivity contribution in [1.29, 1.82) is 0 Å². The highest BCUT2D eigenvalue weighted by Gasteiger charge is 2.37. The Hall–Kier alpha value is -0.630. The molecule has 1 aliphatic heterocycles. The number of aromatic nitrogens is 2. The average molecular weight is 279 g/mol. The van der Waals surface area contributed by atoms with Crippen molar-refractivity contribution in [2.24, 2.45) is 18.7 Å². The van der Waals surface area contributed by atoms with Gasteiger partial charge < -0.3 is 5.73 Å². The minimum atomic E-state index is -3.60.